The summed E-state index contributed by atoms with van der Waals surface area (Å²) in [6.45, 7) is 2.03. The number of benzene rings is 1. The van der Waals surface area contributed by atoms with Crippen LogP contribution in [0, 0.1) is 6.92 Å². The average molecular weight is 270 g/mol. The van der Waals surface area contributed by atoms with E-state index < -0.39 is 0 Å². The Kier molecular flexibility index (Phi) is 3.57. The zero-order valence-electron chi connectivity index (χ0n) is 12.2. The third-order valence-corrected chi connectivity index (χ3v) is 4.33. The van der Waals surface area contributed by atoms with Gasteiger partial charge >= 0.3 is 0 Å². The smallest absolute Gasteiger partial charge is 0.150 e. The normalized spacial score (nSPS) is 22.9. The molecule has 1 heterocycles. The van der Waals surface area contributed by atoms with Crippen LogP contribution in [0.5, 0.6) is 0 Å². The van der Waals surface area contributed by atoms with Gasteiger partial charge in [0.1, 0.15) is 0 Å². The van der Waals surface area contributed by atoms with Gasteiger partial charge in [0.2, 0.25) is 0 Å². The number of aryl methyl sites for hydroxylation is 1. The Morgan fingerprint density at radius 2 is 1.75 bits per heavy atom. The second-order valence-electron chi connectivity index (χ2n) is 5.75. The average Bonchev–Trinajstić information content (AvgIpc) is 2.46. The standard InChI is InChI=1S/C16H22N4/c1-11-16(19-14-9-5-4-8-13(14)18-11)20(2)15-10-6-3-7-12(15)17/h4-5,8-9,12,15H,3,6-7,10,17H2,1-2H3. The Morgan fingerprint density at radius 3 is 2.45 bits per heavy atom. The van der Waals surface area contributed by atoms with Crippen LogP contribution in [-0.2, 0) is 0 Å². The Balaban J connectivity index is 1.98. The molecule has 1 aromatic heterocycles. The largest absolute Gasteiger partial charge is 0.354 e. The Hall–Kier alpha value is -1.68. The third kappa shape index (κ3) is 2.36. The maximum Gasteiger partial charge on any atom is 0.150 e. The zero-order valence-corrected chi connectivity index (χ0v) is 12.2. The molecule has 0 saturated heterocycles. The molecule has 1 aromatic carbocycles. The molecular weight excluding hydrogens is 248 g/mol. The van der Waals surface area contributed by atoms with E-state index in [-0.39, 0.29) is 6.04 Å². The lowest BCUT2D eigenvalue weighted by Gasteiger charge is -2.37. The van der Waals surface area contributed by atoms with Crippen LogP contribution in [0.3, 0.4) is 0 Å². The summed E-state index contributed by atoms with van der Waals surface area (Å²) in [5, 5.41) is 0. The quantitative estimate of drug-likeness (QED) is 0.911. The van der Waals surface area contributed by atoms with Gasteiger partial charge in [-0.1, -0.05) is 25.0 Å². The number of hydrogen-bond donors (Lipinski definition) is 1. The van der Waals surface area contributed by atoms with E-state index in [4.69, 9.17) is 10.7 Å². The second kappa shape index (κ2) is 5.37. The summed E-state index contributed by atoms with van der Waals surface area (Å²) >= 11 is 0. The van der Waals surface area contributed by atoms with Crippen molar-refractivity contribution in [2.24, 2.45) is 5.73 Å². The summed E-state index contributed by atoms with van der Waals surface area (Å²) in [7, 11) is 2.10. The number of aromatic nitrogens is 2. The molecule has 4 heteroatoms. The number of fused-ring (bicyclic) bond motifs is 1. The predicted octanol–water partition coefficient (Wildman–Crippen LogP) is 2.64. The number of hydrogen-bond acceptors (Lipinski definition) is 4. The van der Waals surface area contributed by atoms with Gasteiger partial charge in [-0.15, -0.1) is 0 Å². The van der Waals surface area contributed by atoms with Crippen LogP contribution in [0.4, 0.5) is 5.82 Å². The molecule has 1 saturated carbocycles. The first-order chi connectivity index (χ1) is 9.66. The highest BCUT2D eigenvalue weighted by Gasteiger charge is 2.27. The highest BCUT2D eigenvalue weighted by atomic mass is 15.2. The van der Waals surface area contributed by atoms with E-state index in [2.05, 4.69) is 16.9 Å². The van der Waals surface area contributed by atoms with E-state index in [9.17, 15) is 0 Å². The summed E-state index contributed by atoms with van der Waals surface area (Å²) in [4.78, 5) is 11.7. The van der Waals surface area contributed by atoms with E-state index in [1.807, 2.05) is 31.2 Å². The minimum Gasteiger partial charge on any atom is -0.354 e. The first kappa shape index (κ1) is 13.3. The van der Waals surface area contributed by atoms with Gasteiger partial charge < -0.3 is 10.6 Å². The summed E-state index contributed by atoms with van der Waals surface area (Å²) in [6.07, 6.45) is 4.75. The predicted molar refractivity (Wildman–Crippen MR) is 82.9 cm³/mol. The summed E-state index contributed by atoms with van der Waals surface area (Å²) in [5.41, 5.74) is 9.17. The van der Waals surface area contributed by atoms with Crippen LogP contribution >= 0.6 is 0 Å². The van der Waals surface area contributed by atoms with Crippen LogP contribution < -0.4 is 10.6 Å². The molecule has 0 spiro atoms. The Morgan fingerprint density at radius 1 is 1.10 bits per heavy atom. The lowest BCUT2D eigenvalue weighted by molar-refractivity contribution is 0.372. The highest BCUT2D eigenvalue weighted by molar-refractivity contribution is 5.76. The summed E-state index contributed by atoms with van der Waals surface area (Å²) in [6, 6.07) is 8.63. The van der Waals surface area contributed by atoms with Gasteiger partial charge in [0.25, 0.3) is 0 Å². The van der Waals surface area contributed by atoms with Crippen molar-refractivity contribution in [3.05, 3.63) is 30.0 Å². The van der Waals surface area contributed by atoms with Crippen molar-refractivity contribution in [3.8, 4) is 0 Å². The zero-order chi connectivity index (χ0) is 14.1. The van der Waals surface area contributed by atoms with Crippen molar-refractivity contribution in [1.29, 1.82) is 0 Å². The lowest BCUT2D eigenvalue weighted by Crippen LogP contribution is -2.48. The fraction of sp³-hybridized carbons (Fsp3) is 0.500. The van der Waals surface area contributed by atoms with Gasteiger partial charge in [-0.2, -0.15) is 0 Å². The van der Waals surface area contributed by atoms with Crippen molar-refractivity contribution in [2.45, 2.75) is 44.7 Å². The molecule has 2 atom stereocenters. The molecule has 1 aliphatic rings. The molecule has 0 radical (unpaired) electrons. The molecule has 20 heavy (non-hydrogen) atoms. The van der Waals surface area contributed by atoms with Gasteiger partial charge in [0, 0.05) is 19.1 Å². The van der Waals surface area contributed by atoms with Crippen LogP contribution in [-0.4, -0.2) is 29.1 Å². The molecule has 2 N–H and O–H groups in total. The van der Waals surface area contributed by atoms with Crippen LogP contribution in [0.2, 0.25) is 0 Å². The Bertz CT molecular complexity index is 610. The van der Waals surface area contributed by atoms with Gasteiger partial charge in [0.15, 0.2) is 5.82 Å². The van der Waals surface area contributed by atoms with Crippen molar-refractivity contribution >= 4 is 16.9 Å². The van der Waals surface area contributed by atoms with E-state index in [1.54, 1.807) is 0 Å². The minimum atomic E-state index is 0.237. The fourth-order valence-electron chi connectivity index (χ4n) is 3.19. The van der Waals surface area contributed by atoms with Crippen LogP contribution in [0.25, 0.3) is 11.0 Å². The summed E-state index contributed by atoms with van der Waals surface area (Å²) in [5.74, 6) is 0.964. The molecule has 0 bridgehead atoms. The minimum absolute atomic E-state index is 0.237. The summed E-state index contributed by atoms with van der Waals surface area (Å²) < 4.78 is 0. The molecule has 0 aliphatic heterocycles. The molecule has 1 aliphatic carbocycles. The van der Waals surface area contributed by atoms with E-state index in [0.717, 1.165) is 35.4 Å². The van der Waals surface area contributed by atoms with Crippen molar-refractivity contribution in [3.63, 3.8) is 0 Å². The van der Waals surface area contributed by atoms with Gasteiger partial charge in [0.05, 0.1) is 16.7 Å². The van der Waals surface area contributed by atoms with E-state index in [0.29, 0.717) is 6.04 Å². The number of rotatable bonds is 2. The van der Waals surface area contributed by atoms with E-state index >= 15 is 0 Å². The van der Waals surface area contributed by atoms with Crippen molar-refractivity contribution in [2.75, 3.05) is 11.9 Å². The maximum atomic E-state index is 6.29. The number of nitrogens with two attached hydrogens (primary N) is 1. The topological polar surface area (TPSA) is 55.0 Å². The molecule has 0 amide bonds. The number of anilines is 1. The van der Waals surface area contributed by atoms with Crippen LogP contribution in [0.1, 0.15) is 31.4 Å². The SMILES string of the molecule is Cc1nc2ccccc2nc1N(C)C1CCCCC1N. The Labute approximate surface area is 120 Å². The number of likely N-dealkylation sites (N-methyl/N-ethyl adjacent to an activating group) is 1. The maximum absolute atomic E-state index is 6.29. The van der Waals surface area contributed by atoms with E-state index in [1.165, 1.54) is 12.8 Å². The van der Waals surface area contributed by atoms with Gasteiger partial charge in [-0.25, -0.2) is 9.97 Å². The van der Waals surface area contributed by atoms with Crippen LogP contribution in [0.15, 0.2) is 24.3 Å². The molecule has 2 unspecified atom stereocenters. The molecule has 2 aromatic rings. The lowest BCUT2D eigenvalue weighted by atomic mass is 9.90. The fourth-order valence-corrected chi connectivity index (χ4v) is 3.19. The molecule has 1 fully saturated rings. The number of para-hydroxylation sites is 2. The third-order valence-electron chi connectivity index (χ3n) is 4.33. The van der Waals surface area contributed by atoms with Crippen molar-refractivity contribution < 1.29 is 0 Å². The molecule has 106 valence electrons. The second-order valence-corrected chi connectivity index (χ2v) is 5.75. The molecular formula is C16H22N4. The number of nitrogens with zero attached hydrogens (tertiary/aromatic N) is 3. The first-order valence-corrected chi connectivity index (χ1v) is 7.38. The van der Waals surface area contributed by atoms with Crippen molar-refractivity contribution in [1.82, 2.24) is 9.97 Å². The highest BCUT2D eigenvalue weighted by Crippen LogP contribution is 2.27. The monoisotopic (exact) mass is 270 g/mol. The van der Waals surface area contributed by atoms with Gasteiger partial charge in [-0.3, -0.25) is 0 Å². The molecule has 3 rings (SSSR count). The first-order valence-electron chi connectivity index (χ1n) is 7.38. The van der Waals surface area contributed by atoms with Gasteiger partial charge in [-0.05, 0) is 31.9 Å². The molecule has 4 nitrogen and oxygen atoms in total.